The molecule has 0 fully saturated rings. The summed E-state index contributed by atoms with van der Waals surface area (Å²) < 4.78 is 0.946. The largest absolute Gasteiger partial charge is 0.375 e. The topological polar surface area (TPSA) is 68.0 Å². The van der Waals surface area contributed by atoms with Crippen molar-refractivity contribution in [2.24, 2.45) is 0 Å². The zero-order chi connectivity index (χ0) is 11.5. The Labute approximate surface area is 97.5 Å². The predicted molar refractivity (Wildman–Crippen MR) is 66.7 cm³/mol. The number of aromatic nitrogens is 1. The van der Waals surface area contributed by atoms with Crippen LogP contribution < -0.4 is 11.1 Å². The molecule has 1 amide bonds. The van der Waals surface area contributed by atoms with Crippen LogP contribution in [0.15, 0.2) is 18.2 Å². The molecule has 2 rings (SSSR count). The molecular weight excluding hydrogens is 222 g/mol. The molecule has 1 aromatic carbocycles. The Hall–Kier alpha value is -1.62. The first-order valence-electron chi connectivity index (χ1n) is 5.15. The Morgan fingerprint density at radius 2 is 2.38 bits per heavy atom. The Bertz CT molecular complexity index is 521. The number of hydrogen-bond acceptors (Lipinski definition) is 4. The normalized spacial score (nSPS) is 10.6. The molecule has 84 valence electrons. The van der Waals surface area contributed by atoms with Crippen molar-refractivity contribution in [1.82, 2.24) is 10.3 Å². The number of nitrogens with one attached hydrogen (secondary N) is 1. The second-order valence-corrected chi connectivity index (χ2v) is 4.55. The summed E-state index contributed by atoms with van der Waals surface area (Å²) >= 11 is 1.39. The number of benzene rings is 1. The molecule has 5 heteroatoms. The van der Waals surface area contributed by atoms with Crippen LogP contribution in [-0.4, -0.2) is 17.4 Å². The molecule has 0 bridgehead atoms. The molecule has 0 atom stereocenters. The van der Waals surface area contributed by atoms with Gasteiger partial charge in [0.25, 0.3) is 5.91 Å². The highest BCUT2D eigenvalue weighted by Gasteiger charge is 2.07. The van der Waals surface area contributed by atoms with E-state index < -0.39 is 0 Å². The maximum Gasteiger partial charge on any atom is 0.251 e. The molecule has 2 aromatic rings. The van der Waals surface area contributed by atoms with Crippen LogP contribution in [0.5, 0.6) is 0 Å². The van der Waals surface area contributed by atoms with Gasteiger partial charge in [-0.1, -0.05) is 18.3 Å². The summed E-state index contributed by atoms with van der Waals surface area (Å²) in [6.07, 6.45) is 0.932. The number of fused-ring (bicyclic) bond motifs is 1. The lowest BCUT2D eigenvalue weighted by Crippen LogP contribution is -2.23. The summed E-state index contributed by atoms with van der Waals surface area (Å²) in [5.74, 6) is -0.0456. The van der Waals surface area contributed by atoms with E-state index in [1.807, 2.05) is 19.1 Å². The van der Waals surface area contributed by atoms with Crippen molar-refractivity contribution < 1.29 is 4.79 Å². The fraction of sp³-hybridized carbons (Fsp3) is 0.273. The number of carbonyl (C=O) groups is 1. The average molecular weight is 235 g/mol. The number of rotatable bonds is 3. The molecule has 3 N–H and O–H groups in total. The summed E-state index contributed by atoms with van der Waals surface area (Å²) in [6.45, 7) is 2.72. The van der Waals surface area contributed by atoms with Crippen LogP contribution in [0.1, 0.15) is 23.7 Å². The maximum absolute atomic E-state index is 11.7. The molecule has 0 saturated carbocycles. The molecule has 0 aliphatic rings. The van der Waals surface area contributed by atoms with E-state index in [0.717, 1.165) is 16.6 Å². The van der Waals surface area contributed by atoms with Gasteiger partial charge in [-0.05, 0) is 24.6 Å². The molecule has 0 saturated heterocycles. The SMILES string of the molecule is CCCNC(=O)c1ccc2nc(N)sc2c1. The molecule has 0 aliphatic heterocycles. The third kappa shape index (κ3) is 2.14. The summed E-state index contributed by atoms with van der Waals surface area (Å²) in [5, 5.41) is 3.36. The molecule has 0 unspecified atom stereocenters. The van der Waals surface area contributed by atoms with Gasteiger partial charge in [0.05, 0.1) is 10.2 Å². The van der Waals surface area contributed by atoms with Crippen molar-refractivity contribution in [3.05, 3.63) is 23.8 Å². The van der Waals surface area contributed by atoms with Gasteiger partial charge in [-0.25, -0.2) is 4.98 Å². The van der Waals surface area contributed by atoms with Gasteiger partial charge in [-0.15, -0.1) is 0 Å². The van der Waals surface area contributed by atoms with E-state index in [0.29, 0.717) is 17.2 Å². The smallest absolute Gasteiger partial charge is 0.251 e. The van der Waals surface area contributed by atoms with Crippen molar-refractivity contribution in [1.29, 1.82) is 0 Å². The summed E-state index contributed by atoms with van der Waals surface area (Å²) in [5.41, 5.74) is 7.10. The maximum atomic E-state index is 11.7. The minimum atomic E-state index is -0.0456. The second kappa shape index (κ2) is 4.49. The number of thiazole rings is 1. The Morgan fingerprint density at radius 3 is 3.12 bits per heavy atom. The molecular formula is C11H13N3OS. The summed E-state index contributed by atoms with van der Waals surface area (Å²) in [6, 6.07) is 5.42. The van der Waals surface area contributed by atoms with E-state index in [1.54, 1.807) is 6.07 Å². The third-order valence-electron chi connectivity index (χ3n) is 2.20. The van der Waals surface area contributed by atoms with Crippen LogP contribution in [0.3, 0.4) is 0 Å². The van der Waals surface area contributed by atoms with Gasteiger partial charge >= 0.3 is 0 Å². The van der Waals surface area contributed by atoms with Crippen molar-refractivity contribution >= 4 is 32.6 Å². The Balaban J connectivity index is 2.28. The molecule has 1 heterocycles. The molecule has 0 radical (unpaired) electrons. The standard InChI is InChI=1S/C11H13N3OS/c1-2-5-13-10(15)7-3-4-8-9(6-7)16-11(12)14-8/h3-4,6H,2,5H2,1H3,(H2,12,14)(H,13,15). The van der Waals surface area contributed by atoms with Crippen molar-refractivity contribution in [2.45, 2.75) is 13.3 Å². The molecule has 1 aromatic heterocycles. The highest BCUT2D eigenvalue weighted by atomic mass is 32.1. The van der Waals surface area contributed by atoms with E-state index in [1.165, 1.54) is 11.3 Å². The molecule has 4 nitrogen and oxygen atoms in total. The number of nitrogens with two attached hydrogens (primary N) is 1. The zero-order valence-electron chi connectivity index (χ0n) is 8.99. The van der Waals surface area contributed by atoms with E-state index in [2.05, 4.69) is 10.3 Å². The Morgan fingerprint density at radius 1 is 1.56 bits per heavy atom. The molecule has 0 spiro atoms. The van der Waals surface area contributed by atoms with Gasteiger partial charge in [0.1, 0.15) is 0 Å². The van der Waals surface area contributed by atoms with E-state index in [-0.39, 0.29) is 5.91 Å². The van der Waals surface area contributed by atoms with Gasteiger partial charge in [-0.2, -0.15) is 0 Å². The van der Waals surface area contributed by atoms with Crippen LogP contribution in [-0.2, 0) is 0 Å². The lowest BCUT2D eigenvalue weighted by molar-refractivity contribution is 0.0954. The fourth-order valence-corrected chi connectivity index (χ4v) is 2.20. The van der Waals surface area contributed by atoms with Gasteiger partial charge in [0.2, 0.25) is 0 Å². The van der Waals surface area contributed by atoms with Crippen LogP contribution in [0.2, 0.25) is 0 Å². The molecule has 0 aliphatic carbocycles. The third-order valence-corrected chi connectivity index (χ3v) is 3.05. The van der Waals surface area contributed by atoms with Crippen LogP contribution in [0.25, 0.3) is 10.2 Å². The number of carbonyl (C=O) groups excluding carboxylic acids is 1. The zero-order valence-corrected chi connectivity index (χ0v) is 9.80. The number of nitrogen functional groups attached to an aromatic ring is 1. The fourth-order valence-electron chi connectivity index (χ4n) is 1.42. The quantitative estimate of drug-likeness (QED) is 0.855. The predicted octanol–water partition coefficient (Wildman–Crippen LogP) is 2.02. The first kappa shape index (κ1) is 10.9. The summed E-state index contributed by atoms with van der Waals surface area (Å²) in [7, 11) is 0. The number of nitrogens with zero attached hydrogens (tertiary/aromatic N) is 1. The van der Waals surface area contributed by atoms with E-state index >= 15 is 0 Å². The monoisotopic (exact) mass is 235 g/mol. The van der Waals surface area contributed by atoms with E-state index in [4.69, 9.17) is 5.73 Å². The lowest BCUT2D eigenvalue weighted by Gasteiger charge is -2.02. The van der Waals surface area contributed by atoms with Crippen LogP contribution >= 0.6 is 11.3 Å². The first-order chi connectivity index (χ1) is 7.70. The first-order valence-corrected chi connectivity index (χ1v) is 5.96. The average Bonchev–Trinajstić information content (AvgIpc) is 2.64. The van der Waals surface area contributed by atoms with Crippen molar-refractivity contribution in [2.75, 3.05) is 12.3 Å². The van der Waals surface area contributed by atoms with Crippen molar-refractivity contribution in [3.8, 4) is 0 Å². The lowest BCUT2D eigenvalue weighted by atomic mass is 10.2. The van der Waals surface area contributed by atoms with E-state index in [9.17, 15) is 4.79 Å². The van der Waals surface area contributed by atoms with Gasteiger partial charge < -0.3 is 11.1 Å². The highest BCUT2D eigenvalue weighted by molar-refractivity contribution is 7.22. The van der Waals surface area contributed by atoms with Crippen LogP contribution in [0, 0.1) is 0 Å². The Kier molecular flexibility index (Phi) is 3.05. The van der Waals surface area contributed by atoms with Gasteiger partial charge in [0.15, 0.2) is 5.13 Å². The van der Waals surface area contributed by atoms with Crippen molar-refractivity contribution in [3.63, 3.8) is 0 Å². The number of amides is 1. The summed E-state index contributed by atoms with van der Waals surface area (Å²) in [4.78, 5) is 15.8. The number of hydrogen-bond donors (Lipinski definition) is 2. The minimum absolute atomic E-state index is 0.0456. The van der Waals surface area contributed by atoms with Gasteiger partial charge in [-0.3, -0.25) is 4.79 Å². The van der Waals surface area contributed by atoms with Crippen LogP contribution in [0.4, 0.5) is 5.13 Å². The number of anilines is 1. The molecule has 16 heavy (non-hydrogen) atoms. The highest BCUT2D eigenvalue weighted by Crippen LogP contribution is 2.24. The second-order valence-electron chi connectivity index (χ2n) is 3.49. The minimum Gasteiger partial charge on any atom is -0.375 e. The van der Waals surface area contributed by atoms with Gasteiger partial charge in [0, 0.05) is 12.1 Å².